The Morgan fingerprint density at radius 1 is 0.857 bits per heavy atom. The van der Waals surface area contributed by atoms with Crippen molar-refractivity contribution in [3.05, 3.63) is 0 Å². The molecule has 1 aliphatic carbocycles. The smallest absolute Gasteiger partial charge is 0.318 e. The van der Waals surface area contributed by atoms with E-state index in [-0.39, 0.29) is 0 Å². The first-order valence-corrected chi connectivity index (χ1v) is 5.04. The zero-order chi connectivity index (χ0) is 10.6. The lowest BCUT2D eigenvalue weighted by molar-refractivity contribution is 0.201. The van der Waals surface area contributed by atoms with Gasteiger partial charge in [0.1, 0.15) is 13.5 Å². The van der Waals surface area contributed by atoms with E-state index in [0.717, 1.165) is 0 Å². The van der Waals surface area contributed by atoms with Crippen molar-refractivity contribution in [1.29, 1.82) is 0 Å². The van der Waals surface area contributed by atoms with Gasteiger partial charge in [0.15, 0.2) is 0 Å². The molecule has 1 fully saturated rings. The first kappa shape index (κ1) is 13.2. The molecule has 14 heavy (non-hydrogen) atoms. The standard InChI is InChI=1S/C6H12.C3H8N2O3/c1-2-4-6-5-3-1;6-1-4-3(8)5-2-7/h1-6H2;6-7H,1-2H2,(H2,4,5,8). The minimum absolute atomic E-state index is 0.425. The maximum Gasteiger partial charge on any atom is 0.318 e. The number of hydrogen-bond donors (Lipinski definition) is 4. The average molecular weight is 204 g/mol. The average Bonchev–Trinajstić information content (AvgIpc) is 2.22. The summed E-state index contributed by atoms with van der Waals surface area (Å²) in [6.07, 6.45) is 9.00. The Bertz CT molecular complexity index is 119. The second kappa shape index (κ2) is 10.3. The molecule has 0 aliphatic heterocycles. The van der Waals surface area contributed by atoms with Crippen molar-refractivity contribution in [1.82, 2.24) is 10.6 Å². The molecule has 0 unspecified atom stereocenters. The summed E-state index contributed by atoms with van der Waals surface area (Å²) in [6, 6.07) is -0.588. The van der Waals surface area contributed by atoms with E-state index in [1.165, 1.54) is 38.5 Å². The van der Waals surface area contributed by atoms with Crippen LogP contribution in [0, 0.1) is 0 Å². The summed E-state index contributed by atoms with van der Waals surface area (Å²) in [5.41, 5.74) is 0. The number of amides is 2. The van der Waals surface area contributed by atoms with Gasteiger partial charge in [-0.05, 0) is 0 Å². The zero-order valence-electron chi connectivity index (χ0n) is 8.46. The van der Waals surface area contributed by atoms with Gasteiger partial charge < -0.3 is 20.8 Å². The molecular formula is C9H20N2O3. The topological polar surface area (TPSA) is 81.6 Å². The van der Waals surface area contributed by atoms with Crippen LogP contribution in [0.25, 0.3) is 0 Å². The largest absolute Gasteiger partial charge is 0.376 e. The van der Waals surface area contributed by atoms with Gasteiger partial charge in [-0.15, -0.1) is 0 Å². The number of nitrogens with one attached hydrogen (secondary N) is 2. The lowest BCUT2D eigenvalue weighted by atomic mass is 10.0. The van der Waals surface area contributed by atoms with Crippen LogP contribution in [0.5, 0.6) is 0 Å². The van der Waals surface area contributed by atoms with Crippen molar-refractivity contribution in [3.63, 3.8) is 0 Å². The molecule has 2 amide bonds. The van der Waals surface area contributed by atoms with Crippen LogP contribution in [0.1, 0.15) is 38.5 Å². The van der Waals surface area contributed by atoms with Crippen molar-refractivity contribution >= 4 is 6.03 Å². The van der Waals surface area contributed by atoms with E-state index >= 15 is 0 Å². The number of aliphatic hydroxyl groups excluding tert-OH is 2. The molecule has 0 aromatic carbocycles. The third-order valence-corrected chi connectivity index (χ3v) is 1.98. The molecule has 4 N–H and O–H groups in total. The highest BCUT2D eigenvalue weighted by atomic mass is 16.3. The Kier molecular flexibility index (Phi) is 9.68. The van der Waals surface area contributed by atoms with Gasteiger partial charge in [0.05, 0.1) is 0 Å². The number of carbonyl (C=O) groups is 1. The molecule has 1 aliphatic rings. The van der Waals surface area contributed by atoms with Gasteiger partial charge in [-0.25, -0.2) is 4.79 Å². The van der Waals surface area contributed by atoms with Crippen molar-refractivity contribution in [3.8, 4) is 0 Å². The fourth-order valence-electron chi connectivity index (χ4n) is 1.27. The molecule has 0 atom stereocenters. The summed E-state index contributed by atoms with van der Waals surface area (Å²) in [5, 5.41) is 20.0. The summed E-state index contributed by atoms with van der Waals surface area (Å²) in [4.78, 5) is 10.1. The van der Waals surface area contributed by atoms with Gasteiger partial charge in [0.2, 0.25) is 0 Å². The first-order chi connectivity index (χ1) is 6.81. The molecule has 0 aromatic rings. The Morgan fingerprint density at radius 2 is 1.14 bits per heavy atom. The predicted octanol–water partition coefficient (Wildman–Crippen LogP) is 0.526. The molecule has 0 aromatic heterocycles. The van der Waals surface area contributed by atoms with Crippen LogP contribution in [0.3, 0.4) is 0 Å². The van der Waals surface area contributed by atoms with Gasteiger partial charge >= 0.3 is 6.03 Å². The molecular weight excluding hydrogens is 184 g/mol. The number of aliphatic hydroxyl groups is 2. The van der Waals surface area contributed by atoms with Crippen LogP contribution in [0.15, 0.2) is 0 Å². The van der Waals surface area contributed by atoms with E-state index in [0.29, 0.717) is 0 Å². The predicted molar refractivity (Wildman–Crippen MR) is 53.5 cm³/mol. The molecule has 84 valence electrons. The number of hydrogen-bond acceptors (Lipinski definition) is 3. The van der Waals surface area contributed by atoms with E-state index in [1.807, 2.05) is 10.6 Å². The minimum atomic E-state index is -0.588. The number of carbonyl (C=O) groups excluding carboxylic acids is 1. The van der Waals surface area contributed by atoms with Crippen LogP contribution in [-0.4, -0.2) is 29.7 Å². The Labute approximate surface area is 84.5 Å². The van der Waals surface area contributed by atoms with E-state index in [2.05, 4.69) is 0 Å². The highest BCUT2D eigenvalue weighted by Gasteiger charge is 1.95. The molecule has 5 nitrogen and oxygen atoms in total. The minimum Gasteiger partial charge on any atom is -0.376 e. The summed E-state index contributed by atoms with van der Waals surface area (Å²) in [7, 11) is 0. The molecule has 1 rings (SSSR count). The second-order valence-electron chi connectivity index (χ2n) is 3.12. The normalized spacial score (nSPS) is 15.0. The van der Waals surface area contributed by atoms with Crippen LogP contribution < -0.4 is 10.6 Å². The molecule has 0 saturated heterocycles. The van der Waals surface area contributed by atoms with Gasteiger partial charge in [0, 0.05) is 0 Å². The molecule has 5 heteroatoms. The summed E-state index contributed by atoms with van der Waals surface area (Å²) < 4.78 is 0. The quantitative estimate of drug-likeness (QED) is 0.495. The second-order valence-corrected chi connectivity index (χ2v) is 3.12. The van der Waals surface area contributed by atoms with Gasteiger partial charge in [0.25, 0.3) is 0 Å². The van der Waals surface area contributed by atoms with E-state index < -0.39 is 19.5 Å². The van der Waals surface area contributed by atoms with Crippen molar-refractivity contribution in [2.45, 2.75) is 38.5 Å². The lowest BCUT2D eigenvalue weighted by Crippen LogP contribution is -2.36. The van der Waals surface area contributed by atoms with Crippen molar-refractivity contribution < 1.29 is 15.0 Å². The summed E-state index contributed by atoms with van der Waals surface area (Å²) >= 11 is 0. The van der Waals surface area contributed by atoms with E-state index in [4.69, 9.17) is 10.2 Å². The summed E-state index contributed by atoms with van der Waals surface area (Å²) in [5.74, 6) is 0. The Hall–Kier alpha value is -0.810. The SMILES string of the molecule is C1CCCCC1.O=C(NCO)NCO. The van der Waals surface area contributed by atoms with Gasteiger partial charge in [-0.1, -0.05) is 38.5 Å². The van der Waals surface area contributed by atoms with Gasteiger partial charge in [-0.2, -0.15) is 0 Å². The zero-order valence-corrected chi connectivity index (χ0v) is 8.46. The number of urea groups is 1. The molecule has 0 bridgehead atoms. The van der Waals surface area contributed by atoms with E-state index in [1.54, 1.807) is 0 Å². The summed E-state index contributed by atoms with van der Waals surface area (Å²) in [6.45, 7) is -0.850. The van der Waals surface area contributed by atoms with Crippen molar-refractivity contribution in [2.75, 3.05) is 13.5 Å². The van der Waals surface area contributed by atoms with Gasteiger partial charge in [-0.3, -0.25) is 0 Å². The molecule has 0 spiro atoms. The third-order valence-electron chi connectivity index (χ3n) is 1.98. The fourth-order valence-corrected chi connectivity index (χ4v) is 1.27. The van der Waals surface area contributed by atoms with Crippen molar-refractivity contribution in [2.24, 2.45) is 0 Å². The lowest BCUT2D eigenvalue weighted by Gasteiger charge is -2.05. The molecule has 1 saturated carbocycles. The maximum atomic E-state index is 10.1. The van der Waals surface area contributed by atoms with E-state index in [9.17, 15) is 4.79 Å². The molecule has 0 radical (unpaired) electrons. The Balaban J connectivity index is 0.000000249. The molecule has 0 heterocycles. The fraction of sp³-hybridized carbons (Fsp3) is 0.889. The third kappa shape index (κ3) is 9.28. The highest BCUT2D eigenvalue weighted by Crippen LogP contribution is 2.15. The maximum absolute atomic E-state index is 10.1. The highest BCUT2D eigenvalue weighted by molar-refractivity contribution is 5.73. The monoisotopic (exact) mass is 204 g/mol. The van der Waals surface area contributed by atoms with Crippen LogP contribution in [0.2, 0.25) is 0 Å². The Morgan fingerprint density at radius 3 is 1.36 bits per heavy atom. The van der Waals surface area contributed by atoms with Crippen LogP contribution >= 0.6 is 0 Å². The number of rotatable bonds is 2. The van der Waals surface area contributed by atoms with Crippen LogP contribution in [0.4, 0.5) is 4.79 Å². The first-order valence-electron chi connectivity index (χ1n) is 5.04. The van der Waals surface area contributed by atoms with Crippen LogP contribution in [-0.2, 0) is 0 Å².